The Labute approximate surface area is 141 Å². The standard InChI is InChI=1S/C20H19NO3/c1-23-20-10-8-17(12-21-20)18-9-7-16(13-22)11-19(18)24-14-15-5-3-2-4-6-15/h2-12,22H,13-14H2,1H3. The number of hydrogen-bond donors (Lipinski definition) is 1. The Morgan fingerprint density at radius 2 is 1.79 bits per heavy atom. The molecule has 3 rings (SSSR count). The molecule has 1 aromatic heterocycles. The molecule has 0 atom stereocenters. The third-order valence-corrected chi connectivity index (χ3v) is 3.72. The summed E-state index contributed by atoms with van der Waals surface area (Å²) in [7, 11) is 1.59. The molecule has 24 heavy (non-hydrogen) atoms. The predicted octanol–water partition coefficient (Wildman–Crippen LogP) is 3.83. The van der Waals surface area contributed by atoms with Crippen molar-refractivity contribution in [1.29, 1.82) is 0 Å². The van der Waals surface area contributed by atoms with Gasteiger partial charge in [-0.1, -0.05) is 42.5 Å². The van der Waals surface area contributed by atoms with E-state index in [0.29, 0.717) is 12.5 Å². The summed E-state index contributed by atoms with van der Waals surface area (Å²) in [5.74, 6) is 1.29. The Morgan fingerprint density at radius 3 is 2.46 bits per heavy atom. The topological polar surface area (TPSA) is 51.6 Å². The van der Waals surface area contributed by atoms with E-state index < -0.39 is 0 Å². The number of hydrogen-bond acceptors (Lipinski definition) is 4. The molecule has 1 N–H and O–H groups in total. The minimum absolute atomic E-state index is 0.0250. The molecule has 0 bridgehead atoms. The van der Waals surface area contributed by atoms with E-state index in [4.69, 9.17) is 9.47 Å². The molecular formula is C20H19NO3. The second kappa shape index (κ2) is 7.62. The van der Waals surface area contributed by atoms with E-state index in [9.17, 15) is 5.11 Å². The monoisotopic (exact) mass is 321 g/mol. The summed E-state index contributed by atoms with van der Waals surface area (Å²) in [4.78, 5) is 4.25. The number of methoxy groups -OCH3 is 1. The Balaban J connectivity index is 1.90. The van der Waals surface area contributed by atoms with Gasteiger partial charge in [-0.3, -0.25) is 0 Å². The number of nitrogens with zero attached hydrogens (tertiary/aromatic N) is 1. The van der Waals surface area contributed by atoms with Crippen LogP contribution in [-0.2, 0) is 13.2 Å². The van der Waals surface area contributed by atoms with Gasteiger partial charge in [0.2, 0.25) is 5.88 Å². The van der Waals surface area contributed by atoms with Gasteiger partial charge < -0.3 is 14.6 Å². The third kappa shape index (κ3) is 3.73. The van der Waals surface area contributed by atoms with Crippen LogP contribution in [0, 0.1) is 0 Å². The zero-order chi connectivity index (χ0) is 16.8. The highest BCUT2D eigenvalue weighted by atomic mass is 16.5. The first-order chi connectivity index (χ1) is 11.8. The number of aliphatic hydroxyl groups excluding tert-OH is 1. The van der Waals surface area contributed by atoms with Crippen molar-refractivity contribution in [2.24, 2.45) is 0 Å². The van der Waals surface area contributed by atoms with E-state index in [1.54, 1.807) is 13.3 Å². The van der Waals surface area contributed by atoms with Crippen LogP contribution in [0.5, 0.6) is 11.6 Å². The van der Waals surface area contributed by atoms with Gasteiger partial charge >= 0.3 is 0 Å². The lowest BCUT2D eigenvalue weighted by atomic mass is 10.0. The summed E-state index contributed by atoms with van der Waals surface area (Å²) in [6.45, 7) is 0.440. The first-order valence-corrected chi connectivity index (χ1v) is 7.71. The highest BCUT2D eigenvalue weighted by molar-refractivity contribution is 5.70. The SMILES string of the molecule is COc1ccc(-c2ccc(CO)cc2OCc2ccccc2)cn1. The molecule has 0 spiro atoms. The molecule has 1 heterocycles. The van der Waals surface area contributed by atoms with Crippen LogP contribution in [0.25, 0.3) is 11.1 Å². The highest BCUT2D eigenvalue weighted by Gasteiger charge is 2.09. The van der Waals surface area contributed by atoms with E-state index in [2.05, 4.69) is 4.98 Å². The average Bonchev–Trinajstić information content (AvgIpc) is 2.67. The summed E-state index contributed by atoms with van der Waals surface area (Å²) >= 11 is 0. The molecule has 0 aliphatic carbocycles. The van der Waals surface area contributed by atoms with E-state index in [-0.39, 0.29) is 6.61 Å². The smallest absolute Gasteiger partial charge is 0.212 e. The van der Waals surface area contributed by atoms with Crippen molar-refractivity contribution in [2.45, 2.75) is 13.2 Å². The van der Waals surface area contributed by atoms with Crippen LogP contribution in [-0.4, -0.2) is 17.2 Å². The lowest BCUT2D eigenvalue weighted by Crippen LogP contribution is -1.98. The van der Waals surface area contributed by atoms with Crippen LogP contribution in [0.4, 0.5) is 0 Å². The van der Waals surface area contributed by atoms with Gasteiger partial charge in [-0.15, -0.1) is 0 Å². The molecule has 0 fully saturated rings. The highest BCUT2D eigenvalue weighted by Crippen LogP contribution is 2.32. The number of aromatic nitrogens is 1. The fourth-order valence-corrected chi connectivity index (χ4v) is 2.42. The molecule has 122 valence electrons. The van der Waals surface area contributed by atoms with E-state index in [0.717, 1.165) is 28.0 Å². The lowest BCUT2D eigenvalue weighted by molar-refractivity contribution is 0.278. The van der Waals surface area contributed by atoms with Crippen LogP contribution >= 0.6 is 0 Å². The molecule has 0 aliphatic rings. The van der Waals surface area contributed by atoms with Gasteiger partial charge in [0.1, 0.15) is 12.4 Å². The zero-order valence-electron chi connectivity index (χ0n) is 13.5. The van der Waals surface area contributed by atoms with Crippen molar-refractivity contribution in [3.8, 4) is 22.8 Å². The van der Waals surface area contributed by atoms with Gasteiger partial charge in [0.05, 0.1) is 13.7 Å². The van der Waals surface area contributed by atoms with Gasteiger partial charge in [-0.05, 0) is 23.3 Å². The van der Waals surface area contributed by atoms with Crippen molar-refractivity contribution in [2.75, 3.05) is 7.11 Å². The summed E-state index contributed by atoms with van der Waals surface area (Å²) in [5.41, 5.74) is 3.76. The van der Waals surface area contributed by atoms with E-state index >= 15 is 0 Å². The zero-order valence-corrected chi connectivity index (χ0v) is 13.5. The van der Waals surface area contributed by atoms with E-state index in [1.807, 2.05) is 60.7 Å². The predicted molar refractivity (Wildman–Crippen MR) is 92.9 cm³/mol. The average molecular weight is 321 g/mol. The fraction of sp³-hybridized carbons (Fsp3) is 0.150. The van der Waals surface area contributed by atoms with Crippen LogP contribution in [0.2, 0.25) is 0 Å². The van der Waals surface area contributed by atoms with Crippen LogP contribution in [0.15, 0.2) is 66.9 Å². The van der Waals surface area contributed by atoms with Crippen molar-refractivity contribution in [3.63, 3.8) is 0 Å². The van der Waals surface area contributed by atoms with Crippen LogP contribution < -0.4 is 9.47 Å². The molecule has 4 heteroatoms. The molecule has 0 radical (unpaired) electrons. The van der Waals surface area contributed by atoms with Gasteiger partial charge in [-0.2, -0.15) is 0 Å². The summed E-state index contributed by atoms with van der Waals surface area (Å²) in [5, 5.41) is 9.39. The number of ether oxygens (including phenoxy) is 2. The summed E-state index contributed by atoms with van der Waals surface area (Å²) in [6, 6.07) is 19.4. The molecular weight excluding hydrogens is 302 g/mol. The second-order valence-electron chi connectivity index (χ2n) is 5.35. The number of benzene rings is 2. The lowest BCUT2D eigenvalue weighted by Gasteiger charge is -2.13. The Morgan fingerprint density at radius 1 is 0.958 bits per heavy atom. The Bertz CT molecular complexity index is 786. The molecule has 0 saturated heterocycles. The maximum Gasteiger partial charge on any atom is 0.212 e. The third-order valence-electron chi connectivity index (χ3n) is 3.72. The normalized spacial score (nSPS) is 10.4. The van der Waals surface area contributed by atoms with Gasteiger partial charge in [0, 0.05) is 23.4 Å². The quantitative estimate of drug-likeness (QED) is 0.750. The number of rotatable bonds is 6. The molecule has 0 saturated carbocycles. The first kappa shape index (κ1) is 16.0. The van der Waals surface area contributed by atoms with Crippen molar-refractivity contribution < 1.29 is 14.6 Å². The van der Waals surface area contributed by atoms with Crippen molar-refractivity contribution >= 4 is 0 Å². The molecule has 0 unspecified atom stereocenters. The van der Waals surface area contributed by atoms with Gasteiger partial charge in [0.25, 0.3) is 0 Å². The van der Waals surface area contributed by atoms with Gasteiger partial charge in [-0.25, -0.2) is 4.98 Å². The molecule has 3 aromatic rings. The largest absolute Gasteiger partial charge is 0.488 e. The molecule has 2 aromatic carbocycles. The van der Waals surface area contributed by atoms with Gasteiger partial charge in [0.15, 0.2) is 0 Å². The number of aliphatic hydroxyl groups is 1. The Kier molecular flexibility index (Phi) is 5.08. The van der Waals surface area contributed by atoms with Crippen LogP contribution in [0.3, 0.4) is 0 Å². The molecule has 0 aliphatic heterocycles. The minimum Gasteiger partial charge on any atom is -0.488 e. The Hall–Kier alpha value is -2.85. The maximum atomic E-state index is 9.39. The fourth-order valence-electron chi connectivity index (χ4n) is 2.42. The minimum atomic E-state index is -0.0250. The molecule has 0 amide bonds. The van der Waals surface area contributed by atoms with E-state index in [1.165, 1.54) is 0 Å². The maximum absolute atomic E-state index is 9.39. The van der Waals surface area contributed by atoms with Crippen molar-refractivity contribution in [1.82, 2.24) is 4.98 Å². The molecule has 4 nitrogen and oxygen atoms in total. The summed E-state index contributed by atoms with van der Waals surface area (Å²) in [6.07, 6.45) is 1.75. The second-order valence-corrected chi connectivity index (χ2v) is 5.35. The number of pyridine rings is 1. The van der Waals surface area contributed by atoms with Crippen molar-refractivity contribution in [3.05, 3.63) is 78.0 Å². The summed E-state index contributed by atoms with van der Waals surface area (Å²) < 4.78 is 11.1. The van der Waals surface area contributed by atoms with Crippen LogP contribution in [0.1, 0.15) is 11.1 Å². The first-order valence-electron chi connectivity index (χ1n) is 7.71.